The SMILES string of the molecule is CCOC(=O)C(O)CC(Cc1ccc(-c2cccc(Cl)c2)cc1)NC(=O)c1cc(=O)n(-c2ccccn2)[nH]1. The van der Waals surface area contributed by atoms with Crippen LogP contribution < -0.4 is 10.9 Å². The van der Waals surface area contributed by atoms with Gasteiger partial charge in [-0.25, -0.2) is 14.5 Å². The Kier molecular flexibility index (Phi) is 8.73. The predicted octanol–water partition coefficient (Wildman–Crippen LogP) is 3.54. The van der Waals surface area contributed by atoms with Gasteiger partial charge >= 0.3 is 5.97 Å². The van der Waals surface area contributed by atoms with Gasteiger partial charge in [-0.1, -0.05) is 54.1 Å². The largest absolute Gasteiger partial charge is 0.464 e. The number of hydrogen-bond donors (Lipinski definition) is 3. The fourth-order valence-corrected chi connectivity index (χ4v) is 4.21. The van der Waals surface area contributed by atoms with Crippen molar-refractivity contribution in [2.24, 2.45) is 0 Å². The van der Waals surface area contributed by atoms with E-state index in [0.717, 1.165) is 21.4 Å². The van der Waals surface area contributed by atoms with E-state index in [4.69, 9.17) is 16.3 Å². The summed E-state index contributed by atoms with van der Waals surface area (Å²) in [5.74, 6) is -0.989. The van der Waals surface area contributed by atoms with E-state index in [0.29, 0.717) is 17.3 Å². The van der Waals surface area contributed by atoms with Crippen molar-refractivity contribution in [1.29, 1.82) is 0 Å². The Balaban J connectivity index is 1.53. The maximum atomic E-state index is 13.1. The highest BCUT2D eigenvalue weighted by Crippen LogP contribution is 2.23. The van der Waals surface area contributed by atoms with Crippen molar-refractivity contribution in [3.05, 3.63) is 106 Å². The number of halogens is 1. The first-order valence-electron chi connectivity index (χ1n) is 12.1. The van der Waals surface area contributed by atoms with E-state index in [2.05, 4.69) is 15.4 Å². The molecule has 10 heteroatoms. The van der Waals surface area contributed by atoms with Crippen LogP contribution in [-0.2, 0) is 16.0 Å². The van der Waals surface area contributed by atoms with Crippen molar-refractivity contribution in [1.82, 2.24) is 20.1 Å². The van der Waals surface area contributed by atoms with Crippen molar-refractivity contribution in [3.63, 3.8) is 0 Å². The second kappa shape index (κ2) is 12.4. The minimum Gasteiger partial charge on any atom is -0.464 e. The van der Waals surface area contributed by atoms with E-state index in [1.165, 1.54) is 12.3 Å². The van der Waals surface area contributed by atoms with E-state index in [9.17, 15) is 19.5 Å². The second-order valence-corrected chi connectivity index (χ2v) is 9.05. The molecule has 196 valence electrons. The molecule has 4 rings (SSSR count). The minimum absolute atomic E-state index is 0.0209. The Morgan fingerprint density at radius 3 is 2.55 bits per heavy atom. The van der Waals surface area contributed by atoms with E-state index >= 15 is 0 Å². The van der Waals surface area contributed by atoms with Crippen molar-refractivity contribution in [2.45, 2.75) is 31.9 Å². The number of nitrogens with one attached hydrogen (secondary N) is 2. The van der Waals surface area contributed by atoms with Gasteiger partial charge in [0, 0.05) is 29.7 Å². The van der Waals surface area contributed by atoms with Crippen LogP contribution in [-0.4, -0.2) is 50.5 Å². The molecular formula is C28H27ClN4O5. The molecule has 0 bridgehead atoms. The molecule has 9 nitrogen and oxygen atoms in total. The molecule has 2 unspecified atom stereocenters. The summed E-state index contributed by atoms with van der Waals surface area (Å²) < 4.78 is 6.08. The fourth-order valence-electron chi connectivity index (χ4n) is 4.01. The Hall–Kier alpha value is -4.21. The van der Waals surface area contributed by atoms with E-state index in [1.807, 2.05) is 42.5 Å². The van der Waals surface area contributed by atoms with Gasteiger partial charge in [0.2, 0.25) is 0 Å². The van der Waals surface area contributed by atoms with E-state index in [1.54, 1.807) is 31.2 Å². The molecule has 2 aromatic heterocycles. The molecule has 2 aromatic carbocycles. The standard InChI is InChI=1S/C28H27ClN4O5/c1-2-38-28(37)24(34)16-22(14-18-9-11-19(12-10-18)20-6-5-7-21(29)15-20)31-27(36)23-17-26(35)33(32-23)25-8-3-4-13-30-25/h3-13,15,17,22,24,32,34H,2,14,16H2,1H3,(H,31,36). The van der Waals surface area contributed by atoms with Gasteiger partial charge in [-0.3, -0.25) is 14.7 Å². The molecular weight excluding hydrogens is 508 g/mol. The molecule has 38 heavy (non-hydrogen) atoms. The Labute approximate surface area is 224 Å². The van der Waals surface area contributed by atoms with Crippen molar-refractivity contribution >= 4 is 23.5 Å². The predicted molar refractivity (Wildman–Crippen MR) is 143 cm³/mol. The number of esters is 1. The van der Waals surface area contributed by atoms with Crippen LogP contribution >= 0.6 is 11.6 Å². The Morgan fingerprint density at radius 1 is 1.08 bits per heavy atom. The average Bonchev–Trinajstić information content (AvgIpc) is 3.31. The number of pyridine rings is 1. The van der Waals surface area contributed by atoms with Crippen LogP contribution in [0.4, 0.5) is 0 Å². The lowest BCUT2D eigenvalue weighted by atomic mass is 9.97. The number of benzene rings is 2. The van der Waals surface area contributed by atoms with Gasteiger partial charge in [-0.05, 0) is 54.3 Å². The normalized spacial score (nSPS) is 12.5. The summed E-state index contributed by atoms with van der Waals surface area (Å²) in [5.41, 5.74) is 2.38. The average molecular weight is 535 g/mol. The lowest BCUT2D eigenvalue weighted by Crippen LogP contribution is -2.41. The number of nitrogens with zero attached hydrogens (tertiary/aromatic N) is 2. The molecule has 0 radical (unpaired) electrons. The third-order valence-corrected chi connectivity index (χ3v) is 6.07. The van der Waals surface area contributed by atoms with Crippen LogP contribution in [0.15, 0.2) is 83.8 Å². The summed E-state index contributed by atoms with van der Waals surface area (Å²) >= 11 is 6.11. The van der Waals surface area contributed by atoms with Gasteiger partial charge in [-0.2, -0.15) is 0 Å². The van der Waals surface area contributed by atoms with Crippen LogP contribution in [0.5, 0.6) is 0 Å². The molecule has 0 saturated heterocycles. The summed E-state index contributed by atoms with van der Waals surface area (Å²) in [5, 5.41) is 16.6. The van der Waals surface area contributed by atoms with Crippen molar-refractivity contribution in [2.75, 3.05) is 6.61 Å². The number of hydrogen-bond acceptors (Lipinski definition) is 6. The smallest absolute Gasteiger partial charge is 0.335 e. The highest BCUT2D eigenvalue weighted by Gasteiger charge is 2.25. The topological polar surface area (TPSA) is 126 Å². The Bertz CT molecular complexity index is 1450. The molecule has 0 aliphatic carbocycles. The van der Waals surface area contributed by atoms with Gasteiger partial charge in [0.1, 0.15) is 5.69 Å². The number of carbonyl (C=O) groups is 2. The third-order valence-electron chi connectivity index (χ3n) is 5.84. The van der Waals surface area contributed by atoms with Gasteiger partial charge in [0.05, 0.1) is 6.61 Å². The number of aliphatic hydroxyl groups excluding tert-OH is 1. The zero-order valence-corrected chi connectivity index (χ0v) is 21.4. The number of rotatable bonds is 10. The molecule has 0 fully saturated rings. The zero-order valence-electron chi connectivity index (χ0n) is 20.6. The number of aromatic amines is 1. The monoisotopic (exact) mass is 534 g/mol. The summed E-state index contributed by atoms with van der Waals surface area (Å²) in [7, 11) is 0. The molecule has 1 amide bonds. The minimum atomic E-state index is -1.43. The number of aromatic nitrogens is 3. The molecule has 3 N–H and O–H groups in total. The lowest BCUT2D eigenvalue weighted by Gasteiger charge is -2.21. The van der Waals surface area contributed by atoms with E-state index in [-0.39, 0.29) is 18.7 Å². The van der Waals surface area contributed by atoms with Crippen molar-refractivity contribution in [3.8, 4) is 16.9 Å². The highest BCUT2D eigenvalue weighted by atomic mass is 35.5. The Morgan fingerprint density at radius 2 is 1.87 bits per heavy atom. The summed E-state index contributed by atoms with van der Waals surface area (Å²) in [6.45, 7) is 1.77. The van der Waals surface area contributed by atoms with E-state index < -0.39 is 29.6 Å². The molecule has 2 atom stereocenters. The molecule has 2 heterocycles. The highest BCUT2D eigenvalue weighted by molar-refractivity contribution is 6.30. The first kappa shape index (κ1) is 26.8. The summed E-state index contributed by atoms with van der Waals surface area (Å²) in [4.78, 5) is 41.7. The number of ether oxygens (including phenoxy) is 1. The number of carbonyl (C=O) groups excluding carboxylic acids is 2. The number of aliphatic hydroxyl groups is 1. The van der Waals surface area contributed by atoms with Crippen LogP contribution in [0.25, 0.3) is 16.9 Å². The molecule has 0 aliphatic rings. The third kappa shape index (κ3) is 6.76. The lowest BCUT2D eigenvalue weighted by molar-refractivity contribution is -0.153. The summed E-state index contributed by atoms with van der Waals surface area (Å²) in [6, 6.07) is 20.8. The van der Waals surface area contributed by atoms with Gasteiger partial charge < -0.3 is 15.2 Å². The number of H-pyrrole nitrogens is 1. The molecule has 0 saturated carbocycles. The van der Waals surface area contributed by atoms with Crippen LogP contribution in [0, 0.1) is 0 Å². The van der Waals surface area contributed by atoms with Crippen molar-refractivity contribution < 1.29 is 19.4 Å². The maximum Gasteiger partial charge on any atom is 0.335 e. The fraction of sp³-hybridized carbons (Fsp3) is 0.214. The molecule has 0 spiro atoms. The quantitative estimate of drug-likeness (QED) is 0.267. The second-order valence-electron chi connectivity index (χ2n) is 8.62. The van der Waals surface area contributed by atoms with Crippen LogP contribution in [0.3, 0.4) is 0 Å². The first-order valence-corrected chi connectivity index (χ1v) is 12.5. The van der Waals surface area contributed by atoms with Gasteiger partial charge in [0.15, 0.2) is 11.9 Å². The van der Waals surface area contributed by atoms with Gasteiger partial charge in [0.25, 0.3) is 11.5 Å². The van der Waals surface area contributed by atoms with Gasteiger partial charge in [-0.15, -0.1) is 0 Å². The molecule has 0 aliphatic heterocycles. The number of amides is 1. The molecule has 4 aromatic rings. The van der Waals surface area contributed by atoms with Crippen LogP contribution in [0.2, 0.25) is 5.02 Å². The first-order chi connectivity index (χ1) is 18.3. The van der Waals surface area contributed by atoms with Crippen LogP contribution in [0.1, 0.15) is 29.4 Å². The zero-order chi connectivity index (χ0) is 27.1. The summed E-state index contributed by atoms with van der Waals surface area (Å²) in [6.07, 6.45) is 0.352. The maximum absolute atomic E-state index is 13.1.